The lowest BCUT2D eigenvalue weighted by atomic mass is 9.75. The van der Waals surface area contributed by atoms with Crippen molar-refractivity contribution in [2.45, 2.75) is 24.5 Å². The molecule has 2 saturated heterocycles. The molecular weight excluding hydrogens is 290 g/mol. The second-order valence-electron chi connectivity index (χ2n) is 6.03. The Morgan fingerprint density at radius 3 is 2.48 bits per heavy atom. The van der Waals surface area contributed by atoms with Crippen LogP contribution in [0.3, 0.4) is 0 Å². The number of rotatable bonds is 3. The van der Waals surface area contributed by atoms with Gasteiger partial charge in [-0.1, -0.05) is 30.3 Å². The highest BCUT2D eigenvalue weighted by Crippen LogP contribution is 2.52. The lowest BCUT2D eigenvalue weighted by molar-refractivity contribution is -0.156. The van der Waals surface area contributed by atoms with Gasteiger partial charge in [-0.05, 0) is 42.7 Å². The van der Waals surface area contributed by atoms with Crippen LogP contribution in [0.5, 0.6) is 5.75 Å². The van der Waals surface area contributed by atoms with E-state index in [4.69, 9.17) is 9.47 Å². The van der Waals surface area contributed by atoms with Crippen LogP contribution in [0.15, 0.2) is 54.6 Å². The van der Waals surface area contributed by atoms with Crippen molar-refractivity contribution >= 4 is 11.6 Å². The van der Waals surface area contributed by atoms with Crippen LogP contribution in [-0.4, -0.2) is 25.2 Å². The molecule has 4 rings (SSSR count). The molecule has 0 N–H and O–H groups in total. The van der Waals surface area contributed by atoms with Gasteiger partial charge in [0.05, 0.1) is 7.11 Å². The fraction of sp³-hybridized carbons (Fsp3) is 0.316. The minimum absolute atomic E-state index is 0.0629. The van der Waals surface area contributed by atoms with Gasteiger partial charge in [0.15, 0.2) is 5.60 Å². The van der Waals surface area contributed by atoms with Crippen LogP contribution in [0, 0.1) is 0 Å². The number of benzene rings is 2. The third-order valence-corrected chi connectivity index (χ3v) is 4.80. The molecular formula is C19H19NO3. The van der Waals surface area contributed by atoms with Crippen molar-refractivity contribution in [3.8, 4) is 5.75 Å². The minimum atomic E-state index is -0.679. The van der Waals surface area contributed by atoms with Gasteiger partial charge in [-0.2, -0.15) is 0 Å². The molecule has 118 valence electrons. The second-order valence-corrected chi connectivity index (χ2v) is 6.03. The molecule has 2 aromatic rings. The standard InChI is InChI=1S/C19H19NO3/c1-22-16-10-8-15(9-11-16)20-17(14-6-3-2-4-7-14)19(18(20)21)12-5-13-23-19/h2-4,6-11,17H,5,12-13H2,1H3/t17-,19+/m0/s1. The molecule has 2 atom stereocenters. The molecule has 23 heavy (non-hydrogen) atoms. The molecule has 2 aliphatic heterocycles. The van der Waals surface area contributed by atoms with Crippen LogP contribution >= 0.6 is 0 Å². The average molecular weight is 309 g/mol. The predicted octanol–water partition coefficient (Wildman–Crippen LogP) is 3.33. The Labute approximate surface area is 135 Å². The van der Waals surface area contributed by atoms with Gasteiger partial charge in [0.25, 0.3) is 5.91 Å². The topological polar surface area (TPSA) is 38.8 Å². The van der Waals surface area contributed by atoms with Crippen LogP contribution in [0.25, 0.3) is 0 Å². The normalized spacial score (nSPS) is 26.4. The number of hydrogen-bond acceptors (Lipinski definition) is 3. The van der Waals surface area contributed by atoms with Crippen LogP contribution < -0.4 is 9.64 Å². The first-order valence-electron chi connectivity index (χ1n) is 7.93. The lowest BCUT2D eigenvalue weighted by Gasteiger charge is -2.53. The summed E-state index contributed by atoms with van der Waals surface area (Å²) < 4.78 is 11.1. The second kappa shape index (κ2) is 5.39. The number of amides is 1. The van der Waals surface area contributed by atoms with E-state index in [9.17, 15) is 4.79 Å². The van der Waals surface area contributed by atoms with E-state index in [-0.39, 0.29) is 11.9 Å². The molecule has 4 nitrogen and oxygen atoms in total. The average Bonchev–Trinajstić information content (AvgIpc) is 3.12. The Bertz CT molecular complexity index is 705. The van der Waals surface area contributed by atoms with Crippen LogP contribution in [0.4, 0.5) is 5.69 Å². The fourth-order valence-electron chi connectivity index (χ4n) is 3.69. The van der Waals surface area contributed by atoms with E-state index in [1.807, 2.05) is 47.4 Å². The highest BCUT2D eigenvalue weighted by Gasteiger charge is 2.64. The Morgan fingerprint density at radius 1 is 1.13 bits per heavy atom. The summed E-state index contributed by atoms with van der Waals surface area (Å²) in [6, 6.07) is 17.7. The number of hydrogen-bond donors (Lipinski definition) is 0. The van der Waals surface area contributed by atoms with Gasteiger partial charge < -0.3 is 9.47 Å². The molecule has 2 heterocycles. The molecule has 0 unspecified atom stereocenters. The van der Waals surface area contributed by atoms with Gasteiger partial charge in [0, 0.05) is 12.3 Å². The van der Waals surface area contributed by atoms with E-state index >= 15 is 0 Å². The van der Waals surface area contributed by atoms with Gasteiger partial charge >= 0.3 is 0 Å². The predicted molar refractivity (Wildman–Crippen MR) is 87.6 cm³/mol. The fourth-order valence-corrected chi connectivity index (χ4v) is 3.69. The smallest absolute Gasteiger partial charge is 0.262 e. The number of anilines is 1. The zero-order chi connectivity index (χ0) is 15.9. The molecule has 4 heteroatoms. The number of carbonyl (C=O) groups excluding carboxylic acids is 1. The highest BCUT2D eigenvalue weighted by molar-refractivity contribution is 6.08. The molecule has 1 spiro atoms. The number of ether oxygens (including phenoxy) is 2. The summed E-state index contributed by atoms with van der Waals surface area (Å²) in [6.45, 7) is 0.658. The first-order chi connectivity index (χ1) is 11.3. The molecule has 2 aromatic carbocycles. The van der Waals surface area contributed by atoms with E-state index in [1.165, 1.54) is 0 Å². The van der Waals surface area contributed by atoms with E-state index in [0.29, 0.717) is 6.61 Å². The maximum atomic E-state index is 12.9. The van der Waals surface area contributed by atoms with E-state index in [1.54, 1.807) is 7.11 Å². The van der Waals surface area contributed by atoms with Gasteiger partial charge in [-0.15, -0.1) is 0 Å². The molecule has 2 fully saturated rings. The van der Waals surface area contributed by atoms with Crippen molar-refractivity contribution in [2.75, 3.05) is 18.6 Å². The third-order valence-electron chi connectivity index (χ3n) is 4.80. The number of carbonyl (C=O) groups is 1. The zero-order valence-electron chi connectivity index (χ0n) is 13.1. The molecule has 0 bridgehead atoms. The largest absolute Gasteiger partial charge is 0.497 e. The Kier molecular flexibility index (Phi) is 3.34. The van der Waals surface area contributed by atoms with Crippen molar-refractivity contribution < 1.29 is 14.3 Å². The molecule has 0 saturated carbocycles. The Morgan fingerprint density at radius 2 is 1.87 bits per heavy atom. The maximum Gasteiger partial charge on any atom is 0.262 e. The van der Waals surface area contributed by atoms with Crippen molar-refractivity contribution in [1.29, 1.82) is 0 Å². The highest BCUT2D eigenvalue weighted by atomic mass is 16.5. The molecule has 0 aromatic heterocycles. The van der Waals surface area contributed by atoms with Crippen molar-refractivity contribution in [2.24, 2.45) is 0 Å². The Hall–Kier alpha value is -2.33. The summed E-state index contributed by atoms with van der Waals surface area (Å²) in [5.41, 5.74) is 1.32. The van der Waals surface area contributed by atoms with Crippen LogP contribution in [0.1, 0.15) is 24.4 Å². The SMILES string of the molecule is COc1ccc(N2C(=O)[C@@]3(CCCO3)[C@@H]2c2ccccc2)cc1. The summed E-state index contributed by atoms with van der Waals surface area (Å²) in [4.78, 5) is 14.7. The van der Waals surface area contributed by atoms with E-state index < -0.39 is 5.60 Å². The molecule has 0 aliphatic carbocycles. The summed E-state index contributed by atoms with van der Waals surface area (Å²) in [6.07, 6.45) is 1.73. The quantitative estimate of drug-likeness (QED) is 0.816. The lowest BCUT2D eigenvalue weighted by Crippen LogP contribution is -2.68. The van der Waals surface area contributed by atoms with Gasteiger partial charge in [0.2, 0.25) is 0 Å². The third kappa shape index (κ3) is 2.05. The van der Waals surface area contributed by atoms with Crippen LogP contribution in [-0.2, 0) is 9.53 Å². The van der Waals surface area contributed by atoms with Gasteiger partial charge in [0.1, 0.15) is 11.8 Å². The zero-order valence-corrected chi connectivity index (χ0v) is 13.1. The summed E-state index contributed by atoms with van der Waals surface area (Å²) in [5, 5.41) is 0. The first kappa shape index (κ1) is 14.3. The van der Waals surface area contributed by atoms with Gasteiger partial charge in [-0.25, -0.2) is 0 Å². The minimum Gasteiger partial charge on any atom is -0.497 e. The van der Waals surface area contributed by atoms with E-state index in [2.05, 4.69) is 12.1 Å². The maximum absolute atomic E-state index is 12.9. The first-order valence-corrected chi connectivity index (χ1v) is 7.93. The number of nitrogens with zero attached hydrogens (tertiary/aromatic N) is 1. The summed E-state index contributed by atoms with van der Waals surface area (Å²) >= 11 is 0. The number of methoxy groups -OCH3 is 1. The summed E-state index contributed by atoms with van der Waals surface area (Å²) in [7, 11) is 1.64. The van der Waals surface area contributed by atoms with Crippen molar-refractivity contribution in [1.82, 2.24) is 0 Å². The van der Waals surface area contributed by atoms with Crippen molar-refractivity contribution in [3.63, 3.8) is 0 Å². The molecule has 2 aliphatic rings. The molecule has 1 amide bonds. The Balaban J connectivity index is 1.74. The van der Waals surface area contributed by atoms with Crippen LogP contribution in [0.2, 0.25) is 0 Å². The van der Waals surface area contributed by atoms with Crippen molar-refractivity contribution in [3.05, 3.63) is 60.2 Å². The molecule has 0 radical (unpaired) electrons. The summed E-state index contributed by atoms with van der Waals surface area (Å²) in [5.74, 6) is 0.846. The number of β-lactam (4-membered cyclic amide) rings is 1. The van der Waals surface area contributed by atoms with Gasteiger partial charge in [-0.3, -0.25) is 9.69 Å². The van der Waals surface area contributed by atoms with E-state index in [0.717, 1.165) is 29.8 Å². The monoisotopic (exact) mass is 309 g/mol.